The van der Waals surface area contributed by atoms with Crippen molar-refractivity contribution < 1.29 is 4.79 Å². The van der Waals surface area contributed by atoms with Crippen LogP contribution in [0.5, 0.6) is 0 Å². The fourth-order valence-electron chi connectivity index (χ4n) is 1.69. The molecular formula is C11H15N3OS2. The average molecular weight is 269 g/mol. The van der Waals surface area contributed by atoms with Crippen molar-refractivity contribution in [1.29, 1.82) is 0 Å². The number of anilines is 1. The van der Waals surface area contributed by atoms with Crippen LogP contribution in [0.1, 0.15) is 25.7 Å². The number of aromatic nitrogens is 2. The second-order valence-electron chi connectivity index (χ2n) is 3.86. The molecule has 1 aromatic heterocycles. The minimum absolute atomic E-state index is 0.0870. The molecule has 1 aliphatic rings. The van der Waals surface area contributed by atoms with Gasteiger partial charge in [-0.05, 0) is 12.8 Å². The predicted octanol–water partition coefficient (Wildman–Crippen LogP) is 2.74. The summed E-state index contributed by atoms with van der Waals surface area (Å²) < 4.78 is 0.872. The third-order valence-electron chi connectivity index (χ3n) is 2.55. The summed E-state index contributed by atoms with van der Waals surface area (Å²) in [5, 5.41) is 12.1. The van der Waals surface area contributed by atoms with Crippen LogP contribution in [0, 0.1) is 0 Å². The molecule has 1 saturated carbocycles. The van der Waals surface area contributed by atoms with Crippen molar-refractivity contribution in [2.75, 3.05) is 11.9 Å². The smallest absolute Gasteiger partial charge is 0.206 e. The maximum atomic E-state index is 11.7. The van der Waals surface area contributed by atoms with Crippen LogP contribution in [-0.4, -0.2) is 27.8 Å². The Hall–Kier alpha value is -0.880. The maximum absolute atomic E-state index is 11.7. The highest BCUT2D eigenvalue weighted by Crippen LogP contribution is 2.34. The van der Waals surface area contributed by atoms with Gasteiger partial charge in [-0.1, -0.05) is 35.6 Å². The van der Waals surface area contributed by atoms with E-state index in [4.69, 9.17) is 0 Å². The molecule has 0 bridgehead atoms. The highest BCUT2D eigenvalue weighted by molar-refractivity contribution is 8.02. The highest BCUT2D eigenvalue weighted by Gasteiger charge is 2.24. The van der Waals surface area contributed by atoms with Gasteiger partial charge in [0, 0.05) is 13.0 Å². The number of nitrogens with one attached hydrogen (secondary N) is 1. The fourth-order valence-corrected chi connectivity index (χ4v) is 3.81. The SMILES string of the molecule is C=CCNc1nnc(S[C@H]2CCCCC2=O)s1. The zero-order valence-corrected chi connectivity index (χ0v) is 11.1. The molecule has 0 spiro atoms. The molecule has 0 saturated heterocycles. The van der Waals surface area contributed by atoms with Crippen molar-refractivity contribution in [3.63, 3.8) is 0 Å². The molecule has 1 atom stereocenters. The molecule has 6 heteroatoms. The number of nitrogens with zero attached hydrogens (tertiary/aromatic N) is 2. The Morgan fingerprint density at radius 2 is 2.41 bits per heavy atom. The van der Waals surface area contributed by atoms with Crippen molar-refractivity contribution in [3.8, 4) is 0 Å². The first kappa shape index (κ1) is 12.6. The Morgan fingerprint density at radius 3 is 3.18 bits per heavy atom. The minimum atomic E-state index is 0.0870. The molecule has 4 nitrogen and oxygen atoms in total. The van der Waals surface area contributed by atoms with Crippen LogP contribution in [0.15, 0.2) is 17.0 Å². The second-order valence-corrected chi connectivity index (χ2v) is 6.29. The number of rotatable bonds is 5. The van der Waals surface area contributed by atoms with Crippen LogP contribution < -0.4 is 5.32 Å². The van der Waals surface area contributed by atoms with Crippen LogP contribution in [0.3, 0.4) is 0 Å². The van der Waals surface area contributed by atoms with Crippen LogP contribution in [0.2, 0.25) is 0 Å². The summed E-state index contributed by atoms with van der Waals surface area (Å²) >= 11 is 3.05. The summed E-state index contributed by atoms with van der Waals surface area (Å²) in [4.78, 5) is 11.7. The summed E-state index contributed by atoms with van der Waals surface area (Å²) in [6, 6.07) is 0. The van der Waals surface area contributed by atoms with Gasteiger partial charge in [0.05, 0.1) is 5.25 Å². The first-order chi connectivity index (χ1) is 8.29. The quantitative estimate of drug-likeness (QED) is 0.833. The van der Waals surface area contributed by atoms with Crippen molar-refractivity contribution in [2.24, 2.45) is 0 Å². The van der Waals surface area contributed by atoms with Gasteiger partial charge in [-0.15, -0.1) is 16.8 Å². The molecule has 0 aromatic carbocycles. The van der Waals surface area contributed by atoms with Gasteiger partial charge in [0.1, 0.15) is 5.78 Å². The van der Waals surface area contributed by atoms with E-state index in [1.807, 2.05) is 0 Å². The van der Waals surface area contributed by atoms with Crippen LogP contribution >= 0.6 is 23.1 Å². The second kappa shape index (κ2) is 6.16. The molecule has 1 fully saturated rings. The van der Waals surface area contributed by atoms with Gasteiger partial charge >= 0.3 is 0 Å². The first-order valence-corrected chi connectivity index (χ1v) is 7.37. The number of Topliss-reactive ketones (excluding diaryl/α,β-unsaturated/α-hetero) is 1. The Bertz CT molecular complexity index is 405. The Morgan fingerprint density at radius 1 is 1.53 bits per heavy atom. The number of carbonyl (C=O) groups is 1. The molecule has 0 amide bonds. The predicted molar refractivity (Wildman–Crippen MR) is 71.7 cm³/mol. The summed E-state index contributed by atoms with van der Waals surface area (Å²) in [5.41, 5.74) is 0. The molecule has 1 N–H and O–H groups in total. The normalized spacial score (nSPS) is 20.2. The summed E-state index contributed by atoms with van der Waals surface area (Å²) in [5.74, 6) is 0.358. The lowest BCUT2D eigenvalue weighted by Crippen LogP contribution is -2.21. The Labute approximate surface area is 109 Å². The summed E-state index contributed by atoms with van der Waals surface area (Å²) in [6.45, 7) is 4.31. The van der Waals surface area contributed by atoms with Crippen LogP contribution in [0.25, 0.3) is 0 Å². The average Bonchev–Trinajstić information content (AvgIpc) is 2.77. The standard InChI is InChI=1S/C11H15N3OS2/c1-2-7-12-10-13-14-11(17-10)16-9-6-4-3-5-8(9)15/h2,9H,1,3-7H2,(H,12,13)/t9-/m0/s1. The number of hydrogen-bond donors (Lipinski definition) is 1. The van der Waals surface area contributed by atoms with E-state index in [9.17, 15) is 4.79 Å². The molecule has 0 radical (unpaired) electrons. The third kappa shape index (κ3) is 3.54. The molecule has 1 aliphatic carbocycles. The van der Waals surface area contributed by atoms with Crippen molar-refractivity contribution >= 4 is 34.0 Å². The first-order valence-electron chi connectivity index (χ1n) is 5.67. The largest absolute Gasteiger partial charge is 0.357 e. The molecule has 1 aromatic rings. The third-order valence-corrected chi connectivity index (χ3v) is 4.83. The number of carbonyl (C=O) groups excluding carboxylic acids is 1. The van der Waals surface area contributed by atoms with Gasteiger partial charge < -0.3 is 5.32 Å². The number of ketones is 1. The Kier molecular flexibility index (Phi) is 4.56. The van der Waals surface area contributed by atoms with Gasteiger partial charge in [0.15, 0.2) is 4.34 Å². The zero-order valence-electron chi connectivity index (χ0n) is 9.52. The van der Waals surface area contributed by atoms with Crippen molar-refractivity contribution in [1.82, 2.24) is 10.2 Å². The van der Waals surface area contributed by atoms with Crippen molar-refractivity contribution in [3.05, 3.63) is 12.7 Å². The van der Waals surface area contributed by atoms with Gasteiger partial charge in [0.25, 0.3) is 0 Å². The highest BCUT2D eigenvalue weighted by atomic mass is 32.2. The fraction of sp³-hybridized carbons (Fsp3) is 0.545. The monoisotopic (exact) mass is 269 g/mol. The van der Waals surface area contributed by atoms with E-state index >= 15 is 0 Å². The zero-order chi connectivity index (χ0) is 12.1. The summed E-state index contributed by atoms with van der Waals surface area (Å²) in [7, 11) is 0. The lowest BCUT2D eigenvalue weighted by Gasteiger charge is -2.17. The number of hydrogen-bond acceptors (Lipinski definition) is 6. The van der Waals surface area contributed by atoms with Gasteiger partial charge in [-0.3, -0.25) is 4.79 Å². The van der Waals surface area contributed by atoms with E-state index in [2.05, 4.69) is 22.1 Å². The van der Waals surface area contributed by atoms with E-state index < -0.39 is 0 Å². The van der Waals surface area contributed by atoms with E-state index in [0.717, 1.165) is 35.2 Å². The molecule has 2 rings (SSSR count). The van der Waals surface area contributed by atoms with Crippen LogP contribution in [-0.2, 0) is 4.79 Å². The molecule has 92 valence electrons. The summed E-state index contributed by atoms with van der Waals surface area (Å²) in [6.07, 6.45) is 5.65. The lowest BCUT2D eigenvalue weighted by atomic mass is 9.99. The Balaban J connectivity index is 1.91. The van der Waals surface area contributed by atoms with Gasteiger partial charge in [-0.25, -0.2) is 0 Å². The molecule has 1 heterocycles. The van der Waals surface area contributed by atoms with Gasteiger partial charge in [0.2, 0.25) is 5.13 Å². The van der Waals surface area contributed by atoms with E-state index in [-0.39, 0.29) is 5.25 Å². The molecular weight excluding hydrogens is 254 g/mol. The maximum Gasteiger partial charge on any atom is 0.206 e. The van der Waals surface area contributed by atoms with E-state index in [0.29, 0.717) is 12.3 Å². The van der Waals surface area contributed by atoms with E-state index in [1.54, 1.807) is 17.8 Å². The molecule has 0 unspecified atom stereocenters. The lowest BCUT2D eigenvalue weighted by molar-refractivity contribution is -0.119. The number of thioether (sulfide) groups is 1. The minimum Gasteiger partial charge on any atom is -0.357 e. The van der Waals surface area contributed by atoms with Crippen LogP contribution in [0.4, 0.5) is 5.13 Å². The topological polar surface area (TPSA) is 54.9 Å². The van der Waals surface area contributed by atoms with Gasteiger partial charge in [-0.2, -0.15) is 0 Å². The van der Waals surface area contributed by atoms with Crippen molar-refractivity contribution in [2.45, 2.75) is 35.3 Å². The molecule has 0 aliphatic heterocycles. The molecule has 17 heavy (non-hydrogen) atoms. The van der Waals surface area contributed by atoms with E-state index in [1.165, 1.54) is 11.3 Å².